The van der Waals surface area contributed by atoms with E-state index in [0.29, 0.717) is 0 Å². The summed E-state index contributed by atoms with van der Waals surface area (Å²) in [6.07, 6.45) is 12.6. The predicted octanol–water partition coefficient (Wildman–Crippen LogP) is 4.40. The summed E-state index contributed by atoms with van der Waals surface area (Å²) in [5.74, 6) is 9.30. The molecule has 0 aromatic carbocycles. The van der Waals surface area contributed by atoms with E-state index in [1.807, 2.05) is 0 Å². The molecular formula is C17H26S. The van der Waals surface area contributed by atoms with Gasteiger partial charge in [0.05, 0.1) is 0 Å². The summed E-state index contributed by atoms with van der Waals surface area (Å²) in [6, 6.07) is 0. The fourth-order valence-electron chi connectivity index (χ4n) is 8.20. The molecule has 0 aromatic rings. The van der Waals surface area contributed by atoms with E-state index in [1.165, 1.54) is 24.2 Å². The second-order valence-electron chi connectivity index (χ2n) is 8.20. The van der Waals surface area contributed by atoms with Gasteiger partial charge in [-0.15, -0.1) is 0 Å². The highest BCUT2D eigenvalue weighted by Gasteiger charge is 2.70. The van der Waals surface area contributed by atoms with Crippen LogP contribution in [0.2, 0.25) is 0 Å². The molecule has 0 aliphatic heterocycles. The molecule has 18 heavy (non-hydrogen) atoms. The first-order valence-electron chi connectivity index (χ1n) is 8.46. The highest BCUT2D eigenvalue weighted by atomic mass is 32.1. The molecule has 0 heterocycles. The lowest BCUT2D eigenvalue weighted by Crippen LogP contribution is -2.43. The molecule has 0 amide bonds. The molecule has 8 atom stereocenters. The second kappa shape index (κ2) is 3.51. The largest absolute Gasteiger partial charge is 0.179 e. The number of hydrogen-bond donors (Lipinski definition) is 1. The van der Waals surface area contributed by atoms with Gasteiger partial charge in [0, 0.05) is 0 Å². The summed E-state index contributed by atoms with van der Waals surface area (Å²) in [7, 11) is 0. The summed E-state index contributed by atoms with van der Waals surface area (Å²) in [4.78, 5) is 0. The van der Waals surface area contributed by atoms with Crippen molar-refractivity contribution in [2.24, 2.45) is 46.8 Å². The second-order valence-corrected chi connectivity index (χ2v) is 8.65. The monoisotopic (exact) mass is 262 g/mol. The Bertz CT molecular complexity index is 378. The summed E-state index contributed by atoms with van der Waals surface area (Å²) in [6.45, 7) is 0. The number of rotatable bonds is 2. The average Bonchev–Trinajstić information content (AvgIpc) is 3.12. The average molecular weight is 262 g/mol. The third-order valence-corrected chi connectivity index (χ3v) is 8.48. The van der Waals surface area contributed by atoms with Crippen LogP contribution in [0.25, 0.3) is 0 Å². The molecule has 0 spiro atoms. The molecule has 5 aliphatic rings. The maximum atomic E-state index is 4.62. The molecule has 0 nitrogen and oxygen atoms in total. The molecule has 4 bridgehead atoms. The minimum Gasteiger partial charge on any atom is -0.179 e. The first-order valence-corrected chi connectivity index (χ1v) is 9.09. The van der Waals surface area contributed by atoms with Crippen molar-refractivity contribution >= 4 is 12.6 Å². The van der Waals surface area contributed by atoms with Crippen LogP contribution in [0.3, 0.4) is 0 Å². The molecule has 0 radical (unpaired) electrons. The van der Waals surface area contributed by atoms with E-state index in [1.54, 1.807) is 44.9 Å². The van der Waals surface area contributed by atoms with Crippen LogP contribution >= 0.6 is 12.6 Å². The Morgan fingerprint density at radius 1 is 0.944 bits per heavy atom. The molecule has 5 rings (SSSR count). The lowest BCUT2D eigenvalue weighted by molar-refractivity contribution is -0.00302. The number of thiol groups is 1. The van der Waals surface area contributed by atoms with Crippen molar-refractivity contribution in [2.75, 3.05) is 5.75 Å². The Balaban J connectivity index is 1.57. The molecule has 8 unspecified atom stereocenters. The topological polar surface area (TPSA) is 0 Å². The van der Waals surface area contributed by atoms with Crippen molar-refractivity contribution in [1.29, 1.82) is 0 Å². The Hall–Kier alpha value is 0.350. The van der Waals surface area contributed by atoms with Crippen molar-refractivity contribution in [3.05, 3.63) is 0 Å². The van der Waals surface area contributed by atoms with Gasteiger partial charge in [-0.1, -0.05) is 6.42 Å². The van der Waals surface area contributed by atoms with Crippen LogP contribution in [0.4, 0.5) is 0 Å². The first kappa shape index (κ1) is 11.1. The first-order chi connectivity index (χ1) is 8.85. The third-order valence-electron chi connectivity index (χ3n) is 8.26. The van der Waals surface area contributed by atoms with E-state index in [9.17, 15) is 0 Å². The van der Waals surface area contributed by atoms with Crippen LogP contribution in [0, 0.1) is 46.8 Å². The van der Waals surface area contributed by atoms with Crippen LogP contribution in [0.1, 0.15) is 51.4 Å². The highest BCUT2D eigenvalue weighted by molar-refractivity contribution is 7.80. The van der Waals surface area contributed by atoms with E-state index < -0.39 is 0 Å². The van der Waals surface area contributed by atoms with Gasteiger partial charge in [0.15, 0.2) is 0 Å². The molecule has 0 N–H and O–H groups in total. The van der Waals surface area contributed by atoms with E-state index in [2.05, 4.69) is 12.6 Å². The Labute approximate surface area is 117 Å². The maximum absolute atomic E-state index is 4.62. The van der Waals surface area contributed by atoms with Crippen LogP contribution in [0.5, 0.6) is 0 Å². The Morgan fingerprint density at radius 2 is 1.78 bits per heavy atom. The van der Waals surface area contributed by atoms with E-state index in [-0.39, 0.29) is 0 Å². The quantitative estimate of drug-likeness (QED) is 0.553. The summed E-state index contributed by atoms with van der Waals surface area (Å²) < 4.78 is 0. The minimum atomic E-state index is 0.790. The standard InChI is InChI=1S/C17H26S/c18-7-6-17-5-1-2-13(17)12-9-14(17)16-11-4-3-10(8-11)15(12)16/h10-16,18H,1-9H2. The van der Waals surface area contributed by atoms with Crippen molar-refractivity contribution in [3.63, 3.8) is 0 Å². The highest BCUT2D eigenvalue weighted by Crippen LogP contribution is 2.77. The smallest absolute Gasteiger partial charge is 0.00924 e. The molecule has 0 saturated heterocycles. The van der Waals surface area contributed by atoms with Gasteiger partial charge < -0.3 is 0 Å². The van der Waals surface area contributed by atoms with Crippen LogP contribution in [-0.2, 0) is 0 Å². The van der Waals surface area contributed by atoms with Crippen molar-refractivity contribution in [3.8, 4) is 0 Å². The molecule has 5 aliphatic carbocycles. The third kappa shape index (κ3) is 1.06. The zero-order valence-electron chi connectivity index (χ0n) is 11.4. The summed E-state index contributed by atoms with van der Waals surface area (Å²) >= 11 is 4.62. The molecule has 100 valence electrons. The van der Waals surface area contributed by atoms with Crippen molar-refractivity contribution in [1.82, 2.24) is 0 Å². The zero-order chi connectivity index (χ0) is 11.9. The van der Waals surface area contributed by atoms with Crippen molar-refractivity contribution < 1.29 is 0 Å². The lowest BCUT2D eigenvalue weighted by atomic mass is 9.56. The van der Waals surface area contributed by atoms with Gasteiger partial charge in [-0.05, 0) is 97.5 Å². The van der Waals surface area contributed by atoms with Crippen molar-refractivity contribution in [2.45, 2.75) is 51.4 Å². The van der Waals surface area contributed by atoms with Gasteiger partial charge in [0.25, 0.3) is 0 Å². The van der Waals surface area contributed by atoms with Gasteiger partial charge in [-0.2, -0.15) is 12.6 Å². The maximum Gasteiger partial charge on any atom is -0.00924 e. The zero-order valence-corrected chi connectivity index (χ0v) is 12.2. The number of hydrogen-bond acceptors (Lipinski definition) is 1. The fourth-order valence-corrected chi connectivity index (χ4v) is 8.62. The van der Waals surface area contributed by atoms with Gasteiger partial charge >= 0.3 is 0 Å². The molecule has 0 aromatic heterocycles. The van der Waals surface area contributed by atoms with E-state index in [0.717, 1.165) is 34.8 Å². The Kier molecular flexibility index (Phi) is 2.16. The van der Waals surface area contributed by atoms with Gasteiger partial charge in [0.2, 0.25) is 0 Å². The normalized spacial score (nSPS) is 63.5. The van der Waals surface area contributed by atoms with Gasteiger partial charge in [0.1, 0.15) is 0 Å². The summed E-state index contributed by atoms with van der Waals surface area (Å²) in [5, 5.41) is 0. The van der Waals surface area contributed by atoms with Crippen LogP contribution in [0.15, 0.2) is 0 Å². The molecule has 5 fully saturated rings. The Morgan fingerprint density at radius 3 is 2.61 bits per heavy atom. The predicted molar refractivity (Wildman–Crippen MR) is 77.7 cm³/mol. The van der Waals surface area contributed by atoms with Gasteiger partial charge in [-0.3, -0.25) is 0 Å². The van der Waals surface area contributed by atoms with Crippen LogP contribution in [-0.4, -0.2) is 5.75 Å². The lowest BCUT2D eigenvalue weighted by Gasteiger charge is -2.48. The van der Waals surface area contributed by atoms with Crippen LogP contribution < -0.4 is 0 Å². The molecule has 5 saturated carbocycles. The minimum absolute atomic E-state index is 0.790. The summed E-state index contributed by atoms with van der Waals surface area (Å²) in [5.41, 5.74) is 0.790. The SMILES string of the molecule is SCCC12CCCC1C1CC2C2C3CCC(C3)C12. The van der Waals surface area contributed by atoms with Gasteiger partial charge in [-0.25, -0.2) is 0 Å². The number of fused-ring (bicyclic) bond motifs is 12. The van der Waals surface area contributed by atoms with E-state index >= 15 is 0 Å². The molecule has 1 heteroatoms. The fraction of sp³-hybridized carbons (Fsp3) is 1.00. The molecular weight excluding hydrogens is 236 g/mol. The van der Waals surface area contributed by atoms with E-state index in [4.69, 9.17) is 0 Å².